The van der Waals surface area contributed by atoms with E-state index in [4.69, 9.17) is 18.8 Å². The number of phenols is 1. The van der Waals surface area contributed by atoms with Crippen LogP contribution in [0.1, 0.15) is 79.0 Å². The van der Waals surface area contributed by atoms with Crippen molar-refractivity contribution in [3.05, 3.63) is 156 Å². The SMILES string of the molecule is CC(C)(C)c1ccc(-n2c(-c3cc(C(C)(C)C)cc(C(C)(C)C)c3O)nc3c4c(ccc32)oc2oc3ccc(-c5cc(-c6ccccc6)ccn5)cc3c24)c(-c2ccccc2)c1. The van der Waals surface area contributed by atoms with E-state index in [-0.39, 0.29) is 22.0 Å². The van der Waals surface area contributed by atoms with Gasteiger partial charge in [0, 0.05) is 28.3 Å². The minimum absolute atomic E-state index is 0.0864. The van der Waals surface area contributed by atoms with E-state index in [1.165, 1.54) is 5.56 Å². The number of phenolic OH excluding ortho intramolecular Hbond substituents is 1. The summed E-state index contributed by atoms with van der Waals surface area (Å²) < 4.78 is 15.2. The molecule has 6 heteroatoms. The number of hydrogen-bond donors (Lipinski definition) is 1. The van der Waals surface area contributed by atoms with E-state index in [2.05, 4.69) is 176 Å². The van der Waals surface area contributed by atoms with Crippen molar-refractivity contribution < 1.29 is 13.9 Å². The van der Waals surface area contributed by atoms with Crippen molar-refractivity contribution in [3.63, 3.8) is 0 Å². The van der Waals surface area contributed by atoms with Gasteiger partial charge in [0.2, 0.25) is 0 Å². The normalized spacial score (nSPS) is 12.7. The lowest BCUT2D eigenvalue weighted by Crippen LogP contribution is -2.17. The van der Waals surface area contributed by atoms with Crippen molar-refractivity contribution >= 4 is 44.1 Å². The molecular formula is C56H51N3O3. The third-order valence-corrected chi connectivity index (χ3v) is 12.3. The zero-order valence-corrected chi connectivity index (χ0v) is 36.9. The van der Waals surface area contributed by atoms with E-state index in [0.717, 1.165) is 83.1 Å². The van der Waals surface area contributed by atoms with Gasteiger partial charge in [0.1, 0.15) is 28.3 Å². The number of fused-ring (bicyclic) bond motifs is 7. The molecule has 0 amide bonds. The van der Waals surface area contributed by atoms with Gasteiger partial charge in [-0.2, -0.15) is 0 Å². The Kier molecular flexibility index (Phi) is 8.90. The highest BCUT2D eigenvalue weighted by Gasteiger charge is 2.30. The van der Waals surface area contributed by atoms with Gasteiger partial charge in [0.15, 0.2) is 0 Å². The number of aromatic nitrogens is 3. The number of aromatic hydroxyl groups is 1. The van der Waals surface area contributed by atoms with Crippen LogP contribution in [0.15, 0.2) is 148 Å². The van der Waals surface area contributed by atoms with E-state index in [1.54, 1.807) is 0 Å². The van der Waals surface area contributed by atoms with Crippen LogP contribution in [0.4, 0.5) is 0 Å². The fraction of sp³-hybridized carbons (Fsp3) is 0.214. The molecule has 0 fully saturated rings. The van der Waals surface area contributed by atoms with E-state index >= 15 is 0 Å². The molecule has 6 nitrogen and oxygen atoms in total. The largest absolute Gasteiger partial charge is 0.507 e. The van der Waals surface area contributed by atoms with Crippen LogP contribution in [0.3, 0.4) is 0 Å². The average Bonchev–Trinajstić information content (AvgIpc) is 3.92. The molecule has 0 aliphatic carbocycles. The van der Waals surface area contributed by atoms with E-state index in [0.29, 0.717) is 22.8 Å². The van der Waals surface area contributed by atoms with Crippen LogP contribution < -0.4 is 0 Å². The number of nitrogens with zero attached hydrogens (tertiary/aromatic N) is 3. The second-order valence-corrected chi connectivity index (χ2v) is 19.7. The standard InChI is InChI=1S/C56H51N3O3/c1-54(2,3)37-21-22-44(39(30-37)34-18-14-11-15-19-34)59-45-23-25-47-49(50(45)58-52(59)41-31-38(55(4,5)6)32-42(51(41)60)56(7,8)9)48-40-28-36(20-24-46(40)61-53(48)62-47)43-29-35(26-27-57-43)33-16-12-10-13-17-33/h10-32,60H,1-9H3. The zero-order valence-electron chi connectivity index (χ0n) is 36.9. The highest BCUT2D eigenvalue weighted by Crippen LogP contribution is 2.47. The predicted molar refractivity (Wildman–Crippen MR) is 255 cm³/mol. The van der Waals surface area contributed by atoms with Gasteiger partial charge in [0.05, 0.1) is 33.2 Å². The fourth-order valence-electron chi connectivity index (χ4n) is 8.77. The molecule has 10 rings (SSSR count). The Balaban J connectivity index is 1.30. The van der Waals surface area contributed by atoms with Crippen LogP contribution >= 0.6 is 0 Å². The molecule has 62 heavy (non-hydrogen) atoms. The van der Waals surface area contributed by atoms with Crippen molar-refractivity contribution in [1.29, 1.82) is 0 Å². The minimum atomic E-state index is -0.340. The van der Waals surface area contributed by atoms with Crippen LogP contribution in [-0.4, -0.2) is 19.6 Å². The van der Waals surface area contributed by atoms with E-state index < -0.39 is 0 Å². The molecule has 10 aromatic rings. The highest BCUT2D eigenvalue weighted by atomic mass is 16.5. The summed E-state index contributed by atoms with van der Waals surface area (Å²) in [4.78, 5) is 10.4. The van der Waals surface area contributed by atoms with Crippen LogP contribution in [0.2, 0.25) is 0 Å². The molecule has 0 aliphatic heterocycles. The topological polar surface area (TPSA) is 77.2 Å². The first-order chi connectivity index (χ1) is 29.5. The molecule has 0 saturated heterocycles. The molecule has 1 N–H and O–H groups in total. The Morgan fingerprint density at radius 2 is 1.19 bits per heavy atom. The highest BCUT2D eigenvalue weighted by molar-refractivity contribution is 6.25. The van der Waals surface area contributed by atoms with Gasteiger partial charge in [-0.1, -0.05) is 135 Å². The van der Waals surface area contributed by atoms with Crippen molar-refractivity contribution in [1.82, 2.24) is 14.5 Å². The average molecular weight is 814 g/mol. The van der Waals surface area contributed by atoms with E-state index in [9.17, 15) is 5.11 Å². The number of rotatable bonds is 5. The molecule has 0 atom stereocenters. The smallest absolute Gasteiger partial charge is 0.299 e. The summed E-state index contributed by atoms with van der Waals surface area (Å²) in [6.45, 7) is 19.8. The molecule has 0 bridgehead atoms. The Bertz CT molecular complexity index is 3350. The second kappa shape index (κ2) is 14.1. The molecule has 0 spiro atoms. The summed E-state index contributed by atoms with van der Waals surface area (Å²) in [6, 6.07) is 46.4. The zero-order chi connectivity index (χ0) is 43.3. The molecule has 0 aliphatic rings. The van der Waals surface area contributed by atoms with Gasteiger partial charge >= 0.3 is 0 Å². The first-order valence-electron chi connectivity index (χ1n) is 21.5. The van der Waals surface area contributed by atoms with Gasteiger partial charge in [0.25, 0.3) is 5.78 Å². The fourth-order valence-corrected chi connectivity index (χ4v) is 8.77. The quantitative estimate of drug-likeness (QED) is 0.187. The third kappa shape index (κ3) is 6.57. The van der Waals surface area contributed by atoms with Gasteiger partial charge < -0.3 is 13.9 Å². The summed E-state index contributed by atoms with van der Waals surface area (Å²) in [5, 5.41) is 15.1. The van der Waals surface area contributed by atoms with Crippen LogP contribution in [0.5, 0.6) is 5.75 Å². The van der Waals surface area contributed by atoms with E-state index in [1.807, 2.05) is 30.5 Å². The third-order valence-electron chi connectivity index (χ3n) is 12.3. The van der Waals surface area contributed by atoms with Crippen molar-refractivity contribution in [2.24, 2.45) is 0 Å². The number of pyridine rings is 1. The molecule has 0 radical (unpaired) electrons. The van der Waals surface area contributed by atoms with Crippen LogP contribution in [0, 0.1) is 0 Å². The van der Waals surface area contributed by atoms with Crippen molar-refractivity contribution in [3.8, 4) is 56.3 Å². The lowest BCUT2D eigenvalue weighted by atomic mass is 9.79. The molecular weight excluding hydrogens is 763 g/mol. The van der Waals surface area contributed by atoms with Crippen LogP contribution in [0.25, 0.3) is 94.7 Å². The molecule has 4 heterocycles. The molecule has 308 valence electrons. The predicted octanol–water partition coefficient (Wildman–Crippen LogP) is 15.3. The number of hydrogen-bond acceptors (Lipinski definition) is 5. The van der Waals surface area contributed by atoms with Crippen molar-refractivity contribution in [2.45, 2.75) is 78.6 Å². The second-order valence-electron chi connectivity index (χ2n) is 19.7. The summed E-state index contributed by atoms with van der Waals surface area (Å²) in [6.07, 6.45) is 1.87. The minimum Gasteiger partial charge on any atom is -0.507 e. The Labute approximate surface area is 362 Å². The molecule has 0 saturated carbocycles. The maximum absolute atomic E-state index is 12.5. The van der Waals surface area contributed by atoms with Gasteiger partial charge in [-0.3, -0.25) is 9.55 Å². The maximum atomic E-state index is 12.5. The summed E-state index contributed by atoms with van der Waals surface area (Å²) in [7, 11) is 0. The first-order valence-corrected chi connectivity index (χ1v) is 21.5. The molecule has 0 unspecified atom stereocenters. The summed E-state index contributed by atoms with van der Waals surface area (Å²) in [5.74, 6) is 1.31. The summed E-state index contributed by atoms with van der Waals surface area (Å²) >= 11 is 0. The molecule has 4 aromatic heterocycles. The number of imidazole rings is 1. The lowest BCUT2D eigenvalue weighted by Gasteiger charge is -2.28. The number of furan rings is 2. The van der Waals surface area contributed by atoms with Crippen LogP contribution in [-0.2, 0) is 16.2 Å². The Morgan fingerprint density at radius 3 is 1.89 bits per heavy atom. The van der Waals surface area contributed by atoms with Gasteiger partial charge in [-0.15, -0.1) is 0 Å². The Hall–Kier alpha value is -6.92. The monoisotopic (exact) mass is 813 g/mol. The van der Waals surface area contributed by atoms with Gasteiger partial charge in [-0.05, 0) is 105 Å². The lowest BCUT2D eigenvalue weighted by molar-refractivity contribution is 0.446. The maximum Gasteiger partial charge on any atom is 0.299 e. The molecule has 6 aromatic carbocycles. The Morgan fingerprint density at radius 1 is 0.532 bits per heavy atom. The number of benzene rings is 6. The summed E-state index contributed by atoms with van der Waals surface area (Å²) in [5.41, 5.74) is 13.5. The first kappa shape index (κ1) is 39.2. The van der Waals surface area contributed by atoms with Gasteiger partial charge in [-0.25, -0.2) is 4.98 Å². The van der Waals surface area contributed by atoms with Crippen molar-refractivity contribution in [2.75, 3.05) is 0 Å².